The Morgan fingerprint density at radius 1 is 1.31 bits per heavy atom. The van der Waals surface area contributed by atoms with E-state index in [9.17, 15) is 4.39 Å². The number of ether oxygens (including phenoxy) is 1. The molecule has 1 aromatic rings. The van der Waals surface area contributed by atoms with Gasteiger partial charge in [0.05, 0.1) is 6.61 Å². The first-order chi connectivity index (χ1) is 7.50. The third kappa shape index (κ3) is 3.81. The fraction of sp³-hybridized carbons (Fsp3) is 0.538. The number of rotatable bonds is 5. The van der Waals surface area contributed by atoms with E-state index in [1.54, 1.807) is 6.07 Å². The molecule has 0 heterocycles. The summed E-state index contributed by atoms with van der Waals surface area (Å²) in [6, 6.07) is 4.97. The molecule has 0 spiro atoms. The Hall–Kier alpha value is -1.09. The van der Waals surface area contributed by atoms with E-state index < -0.39 is 0 Å². The number of hydrogen-bond acceptors (Lipinski definition) is 2. The fourth-order valence-electron chi connectivity index (χ4n) is 1.47. The van der Waals surface area contributed by atoms with Crippen LogP contribution >= 0.6 is 0 Å². The maximum atomic E-state index is 13.6. The van der Waals surface area contributed by atoms with Crippen molar-refractivity contribution in [2.75, 3.05) is 6.61 Å². The van der Waals surface area contributed by atoms with E-state index in [2.05, 4.69) is 0 Å². The van der Waals surface area contributed by atoms with Crippen LogP contribution in [0, 0.1) is 11.7 Å². The van der Waals surface area contributed by atoms with Crippen molar-refractivity contribution in [2.45, 2.75) is 33.2 Å². The van der Waals surface area contributed by atoms with E-state index >= 15 is 0 Å². The molecule has 0 radical (unpaired) electrons. The van der Waals surface area contributed by atoms with Crippen LogP contribution in [0.5, 0.6) is 5.75 Å². The monoisotopic (exact) mass is 225 g/mol. The van der Waals surface area contributed by atoms with E-state index in [1.165, 1.54) is 6.07 Å². The number of benzene rings is 1. The Morgan fingerprint density at radius 3 is 2.56 bits per heavy atom. The third-order valence-corrected chi connectivity index (χ3v) is 2.15. The van der Waals surface area contributed by atoms with Gasteiger partial charge in [0, 0.05) is 6.04 Å². The largest absolute Gasteiger partial charge is 0.490 e. The molecule has 1 aromatic carbocycles. The quantitative estimate of drug-likeness (QED) is 0.836. The molecular weight excluding hydrogens is 205 g/mol. The van der Waals surface area contributed by atoms with Crippen molar-refractivity contribution in [3.63, 3.8) is 0 Å². The van der Waals surface area contributed by atoms with E-state index in [4.69, 9.17) is 10.5 Å². The first kappa shape index (κ1) is 13.0. The van der Waals surface area contributed by atoms with Gasteiger partial charge in [-0.05, 0) is 30.9 Å². The summed E-state index contributed by atoms with van der Waals surface area (Å²) in [6.07, 6.45) is 0.630. The molecule has 0 aliphatic rings. The molecule has 3 heteroatoms. The summed E-state index contributed by atoms with van der Waals surface area (Å²) in [6.45, 7) is 6.49. The molecule has 2 N–H and O–H groups in total. The van der Waals surface area contributed by atoms with Crippen molar-refractivity contribution >= 4 is 0 Å². The molecule has 0 fully saturated rings. The first-order valence-electron chi connectivity index (χ1n) is 5.66. The number of nitrogens with two attached hydrogens (primary N) is 1. The van der Waals surface area contributed by atoms with Gasteiger partial charge in [-0.1, -0.05) is 26.0 Å². The number of para-hydroxylation sites is 1. The summed E-state index contributed by atoms with van der Waals surface area (Å²) in [5.74, 6) is 0.426. The maximum absolute atomic E-state index is 13.6. The standard InChI is InChI=1S/C13H20FNO/c1-9(2)8-16-13-11(7-10(3)15)5-4-6-12(13)14/h4-6,9-10H,7-8,15H2,1-3H3. The predicted molar refractivity (Wildman–Crippen MR) is 64.1 cm³/mol. The average Bonchev–Trinajstić information content (AvgIpc) is 2.15. The van der Waals surface area contributed by atoms with Crippen LogP contribution in [0.25, 0.3) is 0 Å². The molecule has 1 atom stereocenters. The summed E-state index contributed by atoms with van der Waals surface area (Å²) >= 11 is 0. The van der Waals surface area contributed by atoms with Crippen LogP contribution in [0.1, 0.15) is 26.3 Å². The summed E-state index contributed by atoms with van der Waals surface area (Å²) in [5, 5.41) is 0. The van der Waals surface area contributed by atoms with Crippen molar-refractivity contribution in [3.05, 3.63) is 29.6 Å². The normalized spacial score (nSPS) is 12.9. The van der Waals surface area contributed by atoms with Gasteiger partial charge in [0.1, 0.15) is 0 Å². The van der Waals surface area contributed by atoms with Crippen molar-refractivity contribution in [3.8, 4) is 5.75 Å². The Kier molecular flexibility index (Phi) is 4.74. The van der Waals surface area contributed by atoms with Crippen LogP contribution in [-0.2, 0) is 6.42 Å². The van der Waals surface area contributed by atoms with Gasteiger partial charge >= 0.3 is 0 Å². The highest BCUT2D eigenvalue weighted by molar-refractivity contribution is 5.35. The van der Waals surface area contributed by atoms with Crippen molar-refractivity contribution in [1.29, 1.82) is 0 Å². The SMILES string of the molecule is CC(C)COc1c(F)cccc1CC(C)N. The van der Waals surface area contributed by atoms with Gasteiger partial charge in [0.25, 0.3) is 0 Å². The Labute approximate surface area is 96.6 Å². The van der Waals surface area contributed by atoms with Gasteiger partial charge in [-0.15, -0.1) is 0 Å². The van der Waals surface area contributed by atoms with E-state index in [0.29, 0.717) is 24.7 Å². The molecule has 2 nitrogen and oxygen atoms in total. The molecule has 90 valence electrons. The zero-order chi connectivity index (χ0) is 12.1. The lowest BCUT2D eigenvalue weighted by Crippen LogP contribution is -2.19. The Bertz CT molecular complexity index is 337. The average molecular weight is 225 g/mol. The highest BCUT2D eigenvalue weighted by atomic mass is 19.1. The van der Waals surface area contributed by atoms with Gasteiger partial charge in [-0.25, -0.2) is 4.39 Å². The highest BCUT2D eigenvalue weighted by Crippen LogP contribution is 2.24. The fourth-order valence-corrected chi connectivity index (χ4v) is 1.47. The molecule has 0 bridgehead atoms. The second-order valence-corrected chi connectivity index (χ2v) is 4.61. The Balaban J connectivity index is 2.85. The molecule has 0 saturated heterocycles. The summed E-state index contributed by atoms with van der Waals surface area (Å²) < 4.78 is 19.1. The minimum atomic E-state index is -0.307. The summed E-state index contributed by atoms with van der Waals surface area (Å²) in [7, 11) is 0. The van der Waals surface area contributed by atoms with Gasteiger partial charge < -0.3 is 10.5 Å². The van der Waals surface area contributed by atoms with Crippen LogP contribution in [0.3, 0.4) is 0 Å². The zero-order valence-corrected chi connectivity index (χ0v) is 10.2. The molecule has 0 aliphatic heterocycles. The second kappa shape index (κ2) is 5.85. The van der Waals surface area contributed by atoms with Crippen LogP contribution in [-0.4, -0.2) is 12.6 Å². The van der Waals surface area contributed by atoms with E-state index in [0.717, 1.165) is 5.56 Å². The van der Waals surface area contributed by atoms with E-state index in [-0.39, 0.29) is 11.9 Å². The number of halogens is 1. The lowest BCUT2D eigenvalue weighted by molar-refractivity contribution is 0.256. The molecule has 16 heavy (non-hydrogen) atoms. The third-order valence-electron chi connectivity index (χ3n) is 2.15. The first-order valence-corrected chi connectivity index (χ1v) is 5.66. The molecule has 1 unspecified atom stereocenters. The maximum Gasteiger partial charge on any atom is 0.165 e. The summed E-state index contributed by atoms with van der Waals surface area (Å²) in [5.41, 5.74) is 6.56. The van der Waals surface area contributed by atoms with Gasteiger partial charge in [-0.2, -0.15) is 0 Å². The topological polar surface area (TPSA) is 35.2 Å². The van der Waals surface area contributed by atoms with Crippen molar-refractivity contribution < 1.29 is 9.13 Å². The van der Waals surface area contributed by atoms with Crippen LogP contribution in [0.15, 0.2) is 18.2 Å². The zero-order valence-electron chi connectivity index (χ0n) is 10.2. The van der Waals surface area contributed by atoms with Gasteiger partial charge in [-0.3, -0.25) is 0 Å². The molecule has 0 saturated carbocycles. The van der Waals surface area contributed by atoms with E-state index in [1.807, 2.05) is 26.8 Å². The number of hydrogen-bond donors (Lipinski definition) is 1. The molecule has 0 aromatic heterocycles. The molecule has 0 amide bonds. The predicted octanol–water partition coefficient (Wildman–Crippen LogP) is 2.75. The smallest absolute Gasteiger partial charge is 0.165 e. The van der Waals surface area contributed by atoms with Crippen LogP contribution < -0.4 is 10.5 Å². The molecular formula is C13H20FNO. The van der Waals surface area contributed by atoms with Crippen LogP contribution in [0.4, 0.5) is 4.39 Å². The van der Waals surface area contributed by atoms with Crippen LogP contribution in [0.2, 0.25) is 0 Å². The van der Waals surface area contributed by atoms with Crippen molar-refractivity contribution in [1.82, 2.24) is 0 Å². The van der Waals surface area contributed by atoms with Gasteiger partial charge in [0.15, 0.2) is 11.6 Å². The summed E-state index contributed by atoms with van der Waals surface area (Å²) in [4.78, 5) is 0. The second-order valence-electron chi connectivity index (χ2n) is 4.61. The Morgan fingerprint density at radius 2 is 2.00 bits per heavy atom. The minimum Gasteiger partial charge on any atom is -0.490 e. The highest BCUT2D eigenvalue weighted by Gasteiger charge is 2.11. The minimum absolute atomic E-state index is 0.00296. The lowest BCUT2D eigenvalue weighted by Gasteiger charge is -2.15. The van der Waals surface area contributed by atoms with Crippen molar-refractivity contribution in [2.24, 2.45) is 11.7 Å². The van der Waals surface area contributed by atoms with Gasteiger partial charge in [0.2, 0.25) is 0 Å². The lowest BCUT2D eigenvalue weighted by atomic mass is 10.1. The molecule has 1 rings (SSSR count). The molecule has 0 aliphatic carbocycles.